The van der Waals surface area contributed by atoms with E-state index in [9.17, 15) is 0 Å². The van der Waals surface area contributed by atoms with E-state index < -0.39 is 0 Å². The fourth-order valence-electron chi connectivity index (χ4n) is 2.88. The zero-order valence-electron chi connectivity index (χ0n) is 17.6. The van der Waals surface area contributed by atoms with Gasteiger partial charge in [0.25, 0.3) is 0 Å². The van der Waals surface area contributed by atoms with Crippen LogP contribution in [0, 0.1) is 0 Å². The highest BCUT2D eigenvalue weighted by Crippen LogP contribution is 2.26. The SMILES string of the molecule is CCNC(=NCc1nncn1-c1ccccc1)NCC(C)Oc1ccccc1OC. The van der Waals surface area contributed by atoms with E-state index in [0.29, 0.717) is 30.5 Å². The number of nitrogens with zero attached hydrogens (tertiary/aromatic N) is 4. The molecule has 0 fully saturated rings. The largest absolute Gasteiger partial charge is 0.493 e. The first-order valence-electron chi connectivity index (χ1n) is 9.97. The van der Waals surface area contributed by atoms with Gasteiger partial charge in [0, 0.05) is 12.2 Å². The van der Waals surface area contributed by atoms with E-state index in [-0.39, 0.29) is 6.10 Å². The summed E-state index contributed by atoms with van der Waals surface area (Å²) in [6.45, 7) is 5.74. The maximum atomic E-state index is 6.00. The predicted octanol–water partition coefficient (Wildman–Crippen LogP) is 2.80. The molecule has 2 aromatic carbocycles. The minimum absolute atomic E-state index is 0.0851. The van der Waals surface area contributed by atoms with Gasteiger partial charge < -0.3 is 20.1 Å². The minimum atomic E-state index is -0.0851. The summed E-state index contributed by atoms with van der Waals surface area (Å²) in [5, 5.41) is 14.8. The van der Waals surface area contributed by atoms with E-state index in [1.54, 1.807) is 13.4 Å². The number of benzene rings is 2. The lowest BCUT2D eigenvalue weighted by Gasteiger charge is -2.19. The number of rotatable bonds is 9. The first-order valence-corrected chi connectivity index (χ1v) is 9.97. The van der Waals surface area contributed by atoms with E-state index in [2.05, 4.69) is 25.8 Å². The Hall–Kier alpha value is -3.55. The van der Waals surface area contributed by atoms with Gasteiger partial charge in [0.2, 0.25) is 0 Å². The molecule has 1 aromatic heterocycles. The zero-order valence-corrected chi connectivity index (χ0v) is 17.6. The Morgan fingerprint density at radius 3 is 2.53 bits per heavy atom. The lowest BCUT2D eigenvalue weighted by molar-refractivity contribution is 0.213. The highest BCUT2D eigenvalue weighted by Gasteiger charge is 2.10. The van der Waals surface area contributed by atoms with Crippen LogP contribution in [-0.4, -0.2) is 47.0 Å². The van der Waals surface area contributed by atoms with E-state index in [0.717, 1.165) is 18.1 Å². The smallest absolute Gasteiger partial charge is 0.191 e. The van der Waals surface area contributed by atoms with Gasteiger partial charge in [-0.2, -0.15) is 0 Å². The number of nitrogens with one attached hydrogen (secondary N) is 2. The molecule has 0 spiro atoms. The number of ether oxygens (including phenoxy) is 2. The van der Waals surface area contributed by atoms with Crippen LogP contribution in [-0.2, 0) is 6.54 Å². The summed E-state index contributed by atoms with van der Waals surface area (Å²) in [6.07, 6.45) is 1.61. The molecule has 8 nitrogen and oxygen atoms in total. The monoisotopic (exact) mass is 408 g/mol. The van der Waals surface area contributed by atoms with Gasteiger partial charge >= 0.3 is 0 Å². The molecule has 0 amide bonds. The maximum absolute atomic E-state index is 6.00. The number of hydrogen-bond donors (Lipinski definition) is 2. The third-order valence-corrected chi connectivity index (χ3v) is 4.33. The van der Waals surface area contributed by atoms with Crippen molar-refractivity contribution in [2.45, 2.75) is 26.5 Å². The summed E-state index contributed by atoms with van der Waals surface area (Å²) in [7, 11) is 1.63. The van der Waals surface area contributed by atoms with Crippen LogP contribution in [0.5, 0.6) is 11.5 Å². The minimum Gasteiger partial charge on any atom is -0.493 e. The molecule has 8 heteroatoms. The summed E-state index contributed by atoms with van der Waals surface area (Å²) < 4.78 is 13.3. The van der Waals surface area contributed by atoms with Gasteiger partial charge in [-0.25, -0.2) is 4.99 Å². The van der Waals surface area contributed by atoms with Crippen LogP contribution in [0.1, 0.15) is 19.7 Å². The topological polar surface area (TPSA) is 85.6 Å². The molecule has 0 aliphatic carbocycles. The van der Waals surface area contributed by atoms with Gasteiger partial charge in [-0.1, -0.05) is 30.3 Å². The average molecular weight is 409 g/mol. The van der Waals surface area contributed by atoms with Crippen molar-refractivity contribution >= 4 is 5.96 Å². The van der Waals surface area contributed by atoms with Gasteiger partial charge in [0.15, 0.2) is 23.3 Å². The first-order chi connectivity index (χ1) is 14.7. The maximum Gasteiger partial charge on any atom is 0.191 e. The molecule has 1 heterocycles. The van der Waals surface area contributed by atoms with Crippen LogP contribution in [0.2, 0.25) is 0 Å². The zero-order chi connectivity index (χ0) is 21.2. The van der Waals surface area contributed by atoms with Crippen molar-refractivity contribution in [3.8, 4) is 17.2 Å². The van der Waals surface area contributed by atoms with Gasteiger partial charge in [-0.15, -0.1) is 10.2 Å². The van der Waals surface area contributed by atoms with Gasteiger partial charge in [0.1, 0.15) is 19.0 Å². The summed E-state index contributed by atoms with van der Waals surface area (Å²) in [5.74, 6) is 2.88. The van der Waals surface area contributed by atoms with Gasteiger partial charge in [-0.3, -0.25) is 4.57 Å². The molecule has 0 radical (unpaired) electrons. The number of aliphatic imine (C=N–C) groups is 1. The molecule has 0 aliphatic heterocycles. The molecule has 2 N–H and O–H groups in total. The molecular formula is C22H28N6O2. The molecule has 158 valence electrons. The summed E-state index contributed by atoms with van der Waals surface area (Å²) in [5.41, 5.74) is 1.00. The number of para-hydroxylation sites is 3. The van der Waals surface area contributed by atoms with Crippen molar-refractivity contribution in [2.24, 2.45) is 4.99 Å². The second-order valence-electron chi connectivity index (χ2n) is 6.61. The normalized spacial score (nSPS) is 12.3. The van der Waals surface area contributed by atoms with E-state index in [4.69, 9.17) is 9.47 Å². The first kappa shape index (κ1) is 21.2. The summed E-state index contributed by atoms with van der Waals surface area (Å²) in [4.78, 5) is 4.65. The van der Waals surface area contributed by atoms with E-state index >= 15 is 0 Å². The summed E-state index contributed by atoms with van der Waals surface area (Å²) in [6, 6.07) is 17.6. The second-order valence-corrected chi connectivity index (χ2v) is 6.61. The van der Waals surface area contributed by atoms with Crippen LogP contribution in [0.15, 0.2) is 65.9 Å². The lowest BCUT2D eigenvalue weighted by Crippen LogP contribution is -2.41. The number of methoxy groups -OCH3 is 1. The van der Waals surface area contributed by atoms with Crippen molar-refractivity contribution < 1.29 is 9.47 Å². The number of aromatic nitrogens is 3. The molecule has 0 aliphatic rings. The fraction of sp³-hybridized carbons (Fsp3) is 0.318. The van der Waals surface area contributed by atoms with Crippen LogP contribution in [0.25, 0.3) is 5.69 Å². The molecule has 0 saturated heterocycles. The Kier molecular flexibility index (Phi) is 7.65. The van der Waals surface area contributed by atoms with Crippen LogP contribution in [0.4, 0.5) is 0 Å². The molecule has 3 aromatic rings. The van der Waals surface area contributed by atoms with Gasteiger partial charge in [0.05, 0.1) is 13.7 Å². The fourth-order valence-corrected chi connectivity index (χ4v) is 2.88. The molecule has 0 saturated carbocycles. The Morgan fingerprint density at radius 1 is 1.07 bits per heavy atom. The molecule has 30 heavy (non-hydrogen) atoms. The highest BCUT2D eigenvalue weighted by molar-refractivity contribution is 5.79. The predicted molar refractivity (Wildman–Crippen MR) is 117 cm³/mol. The molecular weight excluding hydrogens is 380 g/mol. The standard InChI is InChI=1S/C22H28N6O2/c1-4-23-22(24-14-17(2)30-20-13-9-8-12-19(20)29-3)25-15-21-27-26-16-28(21)18-10-6-5-7-11-18/h5-13,16-17H,4,14-15H2,1-3H3,(H2,23,24,25). The van der Waals surface area contributed by atoms with E-state index in [1.165, 1.54) is 0 Å². The Morgan fingerprint density at radius 2 is 1.80 bits per heavy atom. The third kappa shape index (κ3) is 5.73. The van der Waals surface area contributed by atoms with Gasteiger partial charge in [-0.05, 0) is 38.1 Å². The van der Waals surface area contributed by atoms with Crippen LogP contribution in [0.3, 0.4) is 0 Å². The Bertz CT molecular complexity index is 942. The van der Waals surface area contributed by atoms with Crippen molar-refractivity contribution in [2.75, 3.05) is 20.2 Å². The lowest BCUT2D eigenvalue weighted by atomic mass is 10.3. The van der Waals surface area contributed by atoms with Crippen LogP contribution >= 0.6 is 0 Å². The highest BCUT2D eigenvalue weighted by atomic mass is 16.5. The number of guanidine groups is 1. The molecule has 3 rings (SSSR count). The molecule has 1 atom stereocenters. The van der Waals surface area contributed by atoms with Crippen LogP contribution < -0.4 is 20.1 Å². The van der Waals surface area contributed by atoms with Crippen molar-refractivity contribution in [1.29, 1.82) is 0 Å². The van der Waals surface area contributed by atoms with Crippen molar-refractivity contribution in [3.63, 3.8) is 0 Å². The molecule has 1 unspecified atom stereocenters. The third-order valence-electron chi connectivity index (χ3n) is 4.33. The van der Waals surface area contributed by atoms with Crippen molar-refractivity contribution in [3.05, 3.63) is 66.7 Å². The average Bonchev–Trinajstić information content (AvgIpc) is 3.25. The molecule has 0 bridgehead atoms. The van der Waals surface area contributed by atoms with E-state index in [1.807, 2.05) is 73.0 Å². The quantitative estimate of drug-likeness (QED) is 0.418. The Balaban J connectivity index is 1.61. The Labute approximate surface area is 177 Å². The second kappa shape index (κ2) is 10.8. The number of hydrogen-bond acceptors (Lipinski definition) is 5. The summed E-state index contributed by atoms with van der Waals surface area (Å²) >= 11 is 0. The van der Waals surface area contributed by atoms with Crippen molar-refractivity contribution in [1.82, 2.24) is 25.4 Å².